The van der Waals surface area contributed by atoms with Crippen molar-refractivity contribution in [3.05, 3.63) is 81.3 Å². The van der Waals surface area contributed by atoms with Gasteiger partial charge in [-0.1, -0.05) is 31.5 Å². The zero-order valence-corrected chi connectivity index (χ0v) is 20.0. The Kier molecular flexibility index (Phi) is 6.04. The van der Waals surface area contributed by atoms with Crippen molar-refractivity contribution in [2.75, 3.05) is 19.5 Å². The third-order valence-electron chi connectivity index (χ3n) is 6.11. The van der Waals surface area contributed by atoms with Crippen molar-refractivity contribution < 1.29 is 19.1 Å². The third kappa shape index (κ3) is 4.33. The highest BCUT2D eigenvalue weighted by Crippen LogP contribution is 2.36. The van der Waals surface area contributed by atoms with Gasteiger partial charge in [0, 0.05) is 29.9 Å². The lowest BCUT2D eigenvalue weighted by Gasteiger charge is -2.31. The number of Topliss-reactive ketones (excluding diaryl/α,β-unsaturated/α-hetero) is 1. The SMILES string of the molecule is COc1ccc(NC(=O)c2c3c(cn(-c4ccc(C)cc4)c2=O)C(=O)CC(C)(C)C3)c(OC)c1. The van der Waals surface area contributed by atoms with Crippen LogP contribution in [-0.4, -0.2) is 30.5 Å². The van der Waals surface area contributed by atoms with E-state index in [0.717, 1.165) is 5.56 Å². The number of methoxy groups -OCH3 is 2. The van der Waals surface area contributed by atoms with E-state index in [0.29, 0.717) is 46.8 Å². The van der Waals surface area contributed by atoms with Crippen molar-refractivity contribution in [3.8, 4) is 17.2 Å². The smallest absolute Gasteiger partial charge is 0.268 e. The molecule has 3 aromatic rings. The van der Waals surface area contributed by atoms with Crippen LogP contribution in [0.3, 0.4) is 0 Å². The number of benzene rings is 2. The van der Waals surface area contributed by atoms with E-state index in [1.807, 2.05) is 32.9 Å². The van der Waals surface area contributed by atoms with Gasteiger partial charge in [-0.2, -0.15) is 0 Å². The maximum absolute atomic E-state index is 13.7. The Bertz CT molecular complexity index is 1340. The second kappa shape index (κ2) is 8.82. The molecule has 4 rings (SSSR count). The number of amides is 1. The van der Waals surface area contributed by atoms with Gasteiger partial charge in [-0.05, 0) is 48.6 Å². The maximum Gasteiger partial charge on any atom is 0.268 e. The molecular formula is C27H28N2O5. The molecule has 1 heterocycles. The van der Waals surface area contributed by atoms with Gasteiger partial charge in [0.05, 0.1) is 19.9 Å². The molecule has 0 fully saturated rings. The molecule has 2 aromatic carbocycles. The average Bonchev–Trinajstić information content (AvgIpc) is 2.79. The van der Waals surface area contributed by atoms with E-state index in [-0.39, 0.29) is 16.8 Å². The van der Waals surface area contributed by atoms with Crippen molar-refractivity contribution in [1.82, 2.24) is 4.57 Å². The normalized spacial score (nSPS) is 14.3. The van der Waals surface area contributed by atoms with Gasteiger partial charge in [-0.15, -0.1) is 0 Å². The molecule has 1 amide bonds. The van der Waals surface area contributed by atoms with Crippen molar-refractivity contribution in [3.63, 3.8) is 0 Å². The summed E-state index contributed by atoms with van der Waals surface area (Å²) < 4.78 is 12.0. The van der Waals surface area contributed by atoms with Gasteiger partial charge in [-0.3, -0.25) is 19.0 Å². The zero-order chi connectivity index (χ0) is 24.6. The monoisotopic (exact) mass is 460 g/mol. The first-order valence-corrected chi connectivity index (χ1v) is 11.1. The molecule has 7 heteroatoms. The molecule has 0 unspecified atom stereocenters. The summed E-state index contributed by atoms with van der Waals surface area (Å²) in [6, 6.07) is 12.4. The zero-order valence-electron chi connectivity index (χ0n) is 20.0. The number of hydrogen-bond donors (Lipinski definition) is 1. The highest BCUT2D eigenvalue weighted by Gasteiger charge is 2.36. The molecule has 0 saturated heterocycles. The number of nitrogens with zero attached hydrogens (tertiary/aromatic N) is 1. The van der Waals surface area contributed by atoms with Crippen LogP contribution in [0.4, 0.5) is 5.69 Å². The van der Waals surface area contributed by atoms with Gasteiger partial charge in [-0.25, -0.2) is 0 Å². The van der Waals surface area contributed by atoms with Crippen LogP contribution in [0, 0.1) is 12.3 Å². The van der Waals surface area contributed by atoms with Gasteiger partial charge < -0.3 is 14.8 Å². The lowest BCUT2D eigenvalue weighted by molar-refractivity contribution is 0.0910. The highest BCUT2D eigenvalue weighted by atomic mass is 16.5. The number of pyridine rings is 1. The first-order valence-electron chi connectivity index (χ1n) is 11.1. The van der Waals surface area contributed by atoms with E-state index in [1.165, 1.54) is 18.8 Å². The fraction of sp³-hybridized carbons (Fsp3) is 0.296. The Labute approximate surface area is 198 Å². The maximum atomic E-state index is 13.7. The molecule has 0 aliphatic heterocycles. The standard InChI is InChI=1S/C27H28N2O5/c1-16-6-8-17(9-7-16)29-15-20-19(13-27(2,3)14-22(20)30)24(26(29)32)25(31)28-21-11-10-18(33-4)12-23(21)34-5/h6-12,15H,13-14H2,1-5H3,(H,28,31). The van der Waals surface area contributed by atoms with Crippen LogP contribution >= 0.6 is 0 Å². The Hall–Kier alpha value is -3.87. The van der Waals surface area contributed by atoms with Crippen LogP contribution in [0.15, 0.2) is 53.5 Å². The topological polar surface area (TPSA) is 86.6 Å². The van der Waals surface area contributed by atoms with Gasteiger partial charge in [0.2, 0.25) is 0 Å². The number of carbonyl (C=O) groups is 2. The molecule has 7 nitrogen and oxygen atoms in total. The highest BCUT2D eigenvalue weighted by molar-refractivity contribution is 6.09. The molecule has 1 aliphatic carbocycles. The van der Waals surface area contributed by atoms with Crippen molar-refractivity contribution in [2.45, 2.75) is 33.6 Å². The summed E-state index contributed by atoms with van der Waals surface area (Å²) >= 11 is 0. The molecule has 34 heavy (non-hydrogen) atoms. The minimum absolute atomic E-state index is 0.0305. The molecule has 0 bridgehead atoms. The molecule has 0 atom stereocenters. The Balaban J connectivity index is 1.88. The lowest BCUT2D eigenvalue weighted by atomic mass is 9.73. The van der Waals surface area contributed by atoms with E-state index in [9.17, 15) is 14.4 Å². The van der Waals surface area contributed by atoms with Crippen LogP contribution in [0.5, 0.6) is 11.5 Å². The Morgan fingerprint density at radius 3 is 2.35 bits per heavy atom. The lowest BCUT2D eigenvalue weighted by Crippen LogP contribution is -2.37. The van der Waals surface area contributed by atoms with Crippen molar-refractivity contribution in [2.24, 2.45) is 5.41 Å². The van der Waals surface area contributed by atoms with E-state index >= 15 is 0 Å². The number of ether oxygens (including phenoxy) is 2. The van der Waals surface area contributed by atoms with E-state index in [1.54, 1.807) is 36.5 Å². The van der Waals surface area contributed by atoms with E-state index in [4.69, 9.17) is 9.47 Å². The number of aryl methyl sites for hydroxylation is 1. The predicted octanol–water partition coefficient (Wildman–Crippen LogP) is 4.57. The number of nitrogens with one attached hydrogen (secondary N) is 1. The summed E-state index contributed by atoms with van der Waals surface area (Å²) in [5.74, 6) is 0.300. The van der Waals surface area contributed by atoms with Crippen molar-refractivity contribution in [1.29, 1.82) is 0 Å². The van der Waals surface area contributed by atoms with E-state index in [2.05, 4.69) is 5.32 Å². The Morgan fingerprint density at radius 2 is 1.71 bits per heavy atom. The molecule has 0 saturated carbocycles. The largest absolute Gasteiger partial charge is 0.497 e. The van der Waals surface area contributed by atoms with Gasteiger partial charge in [0.25, 0.3) is 11.5 Å². The molecule has 1 aromatic heterocycles. The minimum Gasteiger partial charge on any atom is -0.497 e. The summed E-state index contributed by atoms with van der Waals surface area (Å²) in [6.45, 7) is 5.88. The van der Waals surface area contributed by atoms with Crippen LogP contribution in [0.25, 0.3) is 5.69 Å². The quantitative estimate of drug-likeness (QED) is 0.603. The summed E-state index contributed by atoms with van der Waals surface area (Å²) in [6.07, 6.45) is 2.37. The van der Waals surface area contributed by atoms with Gasteiger partial charge in [0.1, 0.15) is 17.1 Å². The second-order valence-electron chi connectivity index (χ2n) is 9.37. The van der Waals surface area contributed by atoms with Gasteiger partial charge in [0.15, 0.2) is 5.78 Å². The molecule has 176 valence electrons. The molecule has 0 radical (unpaired) electrons. The summed E-state index contributed by atoms with van der Waals surface area (Å²) in [5.41, 5.74) is 2.05. The number of ketones is 1. The first-order chi connectivity index (χ1) is 16.1. The third-order valence-corrected chi connectivity index (χ3v) is 6.11. The number of hydrogen-bond acceptors (Lipinski definition) is 5. The summed E-state index contributed by atoms with van der Waals surface area (Å²) in [4.78, 5) is 40.3. The van der Waals surface area contributed by atoms with E-state index < -0.39 is 11.5 Å². The minimum atomic E-state index is -0.586. The summed E-state index contributed by atoms with van der Waals surface area (Å²) in [5, 5.41) is 2.81. The fourth-order valence-corrected chi connectivity index (χ4v) is 4.36. The average molecular weight is 461 g/mol. The van der Waals surface area contributed by atoms with Crippen LogP contribution in [0.1, 0.15) is 52.1 Å². The fourth-order valence-electron chi connectivity index (χ4n) is 4.36. The second-order valence-corrected chi connectivity index (χ2v) is 9.37. The van der Waals surface area contributed by atoms with Gasteiger partial charge >= 0.3 is 0 Å². The first kappa shape index (κ1) is 23.3. The molecule has 1 N–H and O–H groups in total. The summed E-state index contributed by atoms with van der Waals surface area (Å²) in [7, 11) is 3.02. The number of anilines is 1. The van der Waals surface area contributed by atoms with Crippen molar-refractivity contribution >= 4 is 17.4 Å². The van der Waals surface area contributed by atoms with Crippen LogP contribution in [-0.2, 0) is 6.42 Å². The van der Waals surface area contributed by atoms with Crippen LogP contribution in [0.2, 0.25) is 0 Å². The predicted molar refractivity (Wildman–Crippen MR) is 131 cm³/mol. The number of rotatable bonds is 5. The molecule has 0 spiro atoms. The number of fused-ring (bicyclic) bond motifs is 1. The molecular weight excluding hydrogens is 432 g/mol. The number of carbonyl (C=O) groups excluding carboxylic acids is 2. The molecule has 1 aliphatic rings. The van der Waals surface area contributed by atoms with Crippen LogP contribution < -0.4 is 20.3 Å². The number of aromatic nitrogens is 1. The Morgan fingerprint density at radius 1 is 1.00 bits per heavy atom.